The summed E-state index contributed by atoms with van der Waals surface area (Å²) in [4.78, 5) is 50.4. The molecular formula is C24H22N2O6. The van der Waals surface area contributed by atoms with Crippen molar-refractivity contribution in [1.82, 2.24) is 9.55 Å². The van der Waals surface area contributed by atoms with E-state index in [1.165, 1.54) is 16.8 Å². The lowest BCUT2D eigenvalue weighted by atomic mass is 10.1. The van der Waals surface area contributed by atoms with Gasteiger partial charge in [0, 0.05) is 24.2 Å². The Morgan fingerprint density at radius 2 is 1.41 bits per heavy atom. The number of nitrogens with zero attached hydrogens (tertiary/aromatic N) is 1. The second kappa shape index (κ2) is 9.05. The predicted molar refractivity (Wildman–Crippen MR) is 115 cm³/mol. The van der Waals surface area contributed by atoms with Crippen LogP contribution in [0.3, 0.4) is 0 Å². The van der Waals surface area contributed by atoms with Gasteiger partial charge in [0.15, 0.2) is 0 Å². The molecular weight excluding hydrogens is 412 g/mol. The minimum absolute atomic E-state index is 0.0472. The van der Waals surface area contributed by atoms with Gasteiger partial charge in [0.1, 0.15) is 13.2 Å². The van der Waals surface area contributed by atoms with E-state index in [4.69, 9.17) is 9.47 Å². The van der Waals surface area contributed by atoms with E-state index in [1.54, 1.807) is 60.7 Å². The van der Waals surface area contributed by atoms with Crippen LogP contribution >= 0.6 is 0 Å². The topological polar surface area (TPSA) is 107 Å². The molecule has 3 aromatic rings. The Kier molecular flexibility index (Phi) is 6.02. The second-order valence-corrected chi connectivity index (χ2v) is 7.91. The highest BCUT2D eigenvalue weighted by atomic mass is 16.5. The van der Waals surface area contributed by atoms with Gasteiger partial charge in [-0.3, -0.25) is 9.78 Å². The summed E-state index contributed by atoms with van der Waals surface area (Å²) in [5.74, 6) is -1.00. The first-order valence-corrected chi connectivity index (χ1v) is 10.2. The fourth-order valence-corrected chi connectivity index (χ4v) is 3.64. The average molecular weight is 434 g/mol. The first-order valence-electron chi connectivity index (χ1n) is 10.2. The number of esters is 2. The summed E-state index contributed by atoms with van der Waals surface area (Å²) in [6.07, 6.45) is 2.03. The van der Waals surface area contributed by atoms with Crippen LogP contribution in [0, 0.1) is 11.3 Å². The second-order valence-electron chi connectivity index (χ2n) is 7.91. The molecule has 0 bridgehead atoms. The molecule has 1 N–H and O–H groups in total. The molecule has 1 aliphatic carbocycles. The predicted octanol–water partition coefficient (Wildman–Crippen LogP) is 2.26. The molecule has 0 saturated heterocycles. The molecule has 0 amide bonds. The highest BCUT2D eigenvalue weighted by molar-refractivity contribution is 5.89. The number of aromatic nitrogens is 2. The quantitative estimate of drug-likeness (QED) is 0.545. The third-order valence-electron chi connectivity index (χ3n) is 5.67. The fraction of sp³-hybridized carbons (Fsp3) is 0.250. The van der Waals surface area contributed by atoms with Gasteiger partial charge in [-0.05, 0) is 36.6 Å². The van der Waals surface area contributed by atoms with Crippen molar-refractivity contribution in [3.8, 4) is 0 Å². The SMILES string of the molecule is O=C(OCC1(COC(=O)c2ccccc2)CC1Cn1ccc(=O)[nH]c1=O)c1ccccc1. The monoisotopic (exact) mass is 434 g/mol. The summed E-state index contributed by atoms with van der Waals surface area (Å²) in [6, 6.07) is 18.5. The van der Waals surface area contributed by atoms with Crippen molar-refractivity contribution in [3.05, 3.63) is 105 Å². The van der Waals surface area contributed by atoms with E-state index < -0.39 is 28.6 Å². The van der Waals surface area contributed by atoms with Crippen molar-refractivity contribution in [2.24, 2.45) is 11.3 Å². The zero-order valence-corrected chi connectivity index (χ0v) is 17.2. The highest BCUT2D eigenvalue weighted by Crippen LogP contribution is 2.54. The maximum atomic E-state index is 12.4. The van der Waals surface area contributed by atoms with Crippen molar-refractivity contribution in [1.29, 1.82) is 0 Å². The van der Waals surface area contributed by atoms with Gasteiger partial charge in [0.2, 0.25) is 0 Å². The number of nitrogens with one attached hydrogen (secondary N) is 1. The molecule has 8 nitrogen and oxygen atoms in total. The maximum Gasteiger partial charge on any atom is 0.338 e. The van der Waals surface area contributed by atoms with Crippen LogP contribution in [0.2, 0.25) is 0 Å². The molecule has 1 heterocycles. The number of hydrogen-bond donors (Lipinski definition) is 1. The van der Waals surface area contributed by atoms with Crippen LogP contribution in [0.1, 0.15) is 27.1 Å². The van der Waals surface area contributed by atoms with Crippen LogP contribution in [0.15, 0.2) is 82.5 Å². The van der Waals surface area contributed by atoms with E-state index in [0.29, 0.717) is 24.1 Å². The zero-order valence-electron chi connectivity index (χ0n) is 17.2. The summed E-state index contributed by atoms with van der Waals surface area (Å²) >= 11 is 0. The van der Waals surface area contributed by atoms with Gasteiger partial charge in [-0.25, -0.2) is 14.4 Å². The standard InChI is InChI=1S/C24H22N2O6/c27-20-11-12-26(23(30)25-20)14-19-13-24(19,15-31-21(28)17-7-3-1-4-8-17)16-32-22(29)18-9-5-2-6-10-18/h1-12,19H,13-16H2,(H,25,27,30). The molecule has 1 atom stereocenters. The van der Waals surface area contributed by atoms with Gasteiger partial charge in [-0.15, -0.1) is 0 Å². The van der Waals surface area contributed by atoms with Gasteiger partial charge >= 0.3 is 17.6 Å². The lowest BCUT2D eigenvalue weighted by Gasteiger charge is -2.18. The van der Waals surface area contributed by atoms with Crippen molar-refractivity contribution >= 4 is 11.9 Å². The summed E-state index contributed by atoms with van der Waals surface area (Å²) < 4.78 is 12.5. The minimum Gasteiger partial charge on any atom is -0.461 e. The Hall–Kier alpha value is -3.94. The minimum atomic E-state index is -0.607. The van der Waals surface area contributed by atoms with Crippen LogP contribution in [-0.2, 0) is 16.0 Å². The fourth-order valence-electron chi connectivity index (χ4n) is 3.64. The Balaban J connectivity index is 1.46. The number of ether oxygens (including phenoxy) is 2. The number of carbonyl (C=O) groups is 2. The molecule has 1 aromatic heterocycles. The van der Waals surface area contributed by atoms with Crippen molar-refractivity contribution in [3.63, 3.8) is 0 Å². The van der Waals surface area contributed by atoms with Crippen LogP contribution in [0.5, 0.6) is 0 Å². The Morgan fingerprint density at radius 3 is 1.91 bits per heavy atom. The first-order chi connectivity index (χ1) is 15.5. The van der Waals surface area contributed by atoms with E-state index in [2.05, 4.69) is 4.98 Å². The number of carbonyl (C=O) groups excluding carboxylic acids is 2. The van der Waals surface area contributed by atoms with Crippen molar-refractivity contribution < 1.29 is 19.1 Å². The van der Waals surface area contributed by atoms with Gasteiger partial charge in [-0.1, -0.05) is 36.4 Å². The summed E-state index contributed by atoms with van der Waals surface area (Å²) in [6.45, 7) is 0.401. The Labute approximate surface area is 183 Å². The summed E-state index contributed by atoms with van der Waals surface area (Å²) in [5.41, 5.74) is -0.733. The molecule has 8 heteroatoms. The van der Waals surface area contributed by atoms with E-state index >= 15 is 0 Å². The smallest absolute Gasteiger partial charge is 0.338 e. The Morgan fingerprint density at radius 1 is 0.875 bits per heavy atom. The van der Waals surface area contributed by atoms with E-state index in [-0.39, 0.29) is 19.1 Å². The van der Waals surface area contributed by atoms with E-state index in [0.717, 1.165) is 0 Å². The molecule has 32 heavy (non-hydrogen) atoms. The summed E-state index contributed by atoms with van der Waals surface area (Å²) in [7, 11) is 0. The number of benzene rings is 2. The third-order valence-corrected chi connectivity index (χ3v) is 5.67. The number of H-pyrrole nitrogens is 1. The van der Waals surface area contributed by atoms with E-state index in [9.17, 15) is 19.2 Å². The molecule has 4 rings (SSSR count). The molecule has 0 radical (unpaired) electrons. The largest absolute Gasteiger partial charge is 0.461 e. The number of rotatable bonds is 8. The molecule has 1 aliphatic rings. The van der Waals surface area contributed by atoms with Crippen LogP contribution < -0.4 is 11.2 Å². The zero-order chi connectivity index (χ0) is 22.6. The third kappa shape index (κ3) is 4.85. The van der Waals surface area contributed by atoms with Crippen molar-refractivity contribution in [2.45, 2.75) is 13.0 Å². The van der Waals surface area contributed by atoms with E-state index in [1.807, 2.05) is 0 Å². The van der Waals surface area contributed by atoms with Crippen LogP contribution in [-0.4, -0.2) is 34.7 Å². The summed E-state index contributed by atoms with van der Waals surface area (Å²) in [5, 5.41) is 0. The first kappa shape index (κ1) is 21.3. The van der Waals surface area contributed by atoms with Crippen LogP contribution in [0.4, 0.5) is 0 Å². The van der Waals surface area contributed by atoms with Crippen molar-refractivity contribution in [2.75, 3.05) is 13.2 Å². The maximum absolute atomic E-state index is 12.4. The highest BCUT2D eigenvalue weighted by Gasteiger charge is 2.56. The molecule has 164 valence electrons. The van der Waals surface area contributed by atoms with Gasteiger partial charge in [-0.2, -0.15) is 0 Å². The molecule has 0 aliphatic heterocycles. The normalized spacial score (nSPS) is 16.2. The number of aromatic amines is 1. The lowest BCUT2D eigenvalue weighted by molar-refractivity contribution is 0.0174. The lowest BCUT2D eigenvalue weighted by Crippen LogP contribution is -2.31. The average Bonchev–Trinajstić information content (AvgIpc) is 3.51. The molecule has 0 spiro atoms. The molecule has 1 fully saturated rings. The number of hydrogen-bond acceptors (Lipinski definition) is 6. The molecule has 1 unspecified atom stereocenters. The molecule has 1 saturated carbocycles. The van der Waals surface area contributed by atoms with Crippen LogP contribution in [0.25, 0.3) is 0 Å². The molecule has 2 aromatic carbocycles. The Bertz CT molecular complexity index is 1160. The van der Waals surface area contributed by atoms with Gasteiger partial charge < -0.3 is 14.0 Å². The van der Waals surface area contributed by atoms with Gasteiger partial charge in [0.05, 0.1) is 11.1 Å². The van der Waals surface area contributed by atoms with Gasteiger partial charge in [0.25, 0.3) is 5.56 Å².